The molecule has 3 nitrogen and oxygen atoms in total. The Kier molecular flexibility index (Phi) is 3.91. The van der Waals surface area contributed by atoms with E-state index in [1.54, 1.807) is 0 Å². The van der Waals surface area contributed by atoms with Crippen LogP contribution in [-0.2, 0) is 13.0 Å². The van der Waals surface area contributed by atoms with Crippen molar-refractivity contribution in [2.75, 3.05) is 11.4 Å². The maximum Gasteiger partial charge on any atom is 0.129 e. The molecule has 0 radical (unpaired) electrons. The molecular weight excluding hydrogens is 222 g/mol. The monoisotopic (exact) mass is 247 g/mol. The summed E-state index contributed by atoms with van der Waals surface area (Å²) in [6, 6.07) is 4.31. The van der Waals surface area contributed by atoms with Crippen LogP contribution in [0.15, 0.2) is 12.1 Å². The van der Waals surface area contributed by atoms with Gasteiger partial charge in [0.25, 0.3) is 0 Å². The Morgan fingerprint density at radius 2 is 2.17 bits per heavy atom. The summed E-state index contributed by atoms with van der Waals surface area (Å²) in [6.07, 6.45) is 4.66. The van der Waals surface area contributed by atoms with Gasteiger partial charge < -0.3 is 10.6 Å². The molecule has 0 unspecified atom stereocenters. The third kappa shape index (κ3) is 2.66. The predicted octanol–water partition coefficient (Wildman–Crippen LogP) is 2.87. The van der Waals surface area contributed by atoms with Gasteiger partial charge in [0.05, 0.1) is 0 Å². The van der Waals surface area contributed by atoms with Crippen LogP contribution in [0.1, 0.15) is 51.3 Å². The molecule has 0 spiro atoms. The van der Waals surface area contributed by atoms with E-state index >= 15 is 0 Å². The van der Waals surface area contributed by atoms with E-state index in [1.165, 1.54) is 24.1 Å². The predicted molar refractivity (Wildman–Crippen MR) is 76.8 cm³/mol. The molecule has 0 atom stereocenters. The van der Waals surface area contributed by atoms with Gasteiger partial charge in [-0.15, -0.1) is 0 Å². The second kappa shape index (κ2) is 5.27. The zero-order valence-electron chi connectivity index (χ0n) is 11.9. The molecule has 0 amide bonds. The minimum Gasteiger partial charge on any atom is -0.351 e. The molecule has 1 aliphatic rings. The quantitative estimate of drug-likeness (QED) is 0.889. The zero-order valence-corrected chi connectivity index (χ0v) is 11.9. The van der Waals surface area contributed by atoms with E-state index in [4.69, 9.17) is 10.7 Å². The van der Waals surface area contributed by atoms with E-state index in [0.29, 0.717) is 6.54 Å². The van der Waals surface area contributed by atoms with Gasteiger partial charge in [-0.1, -0.05) is 13.3 Å². The number of aromatic nitrogens is 1. The number of nitrogens with two attached hydrogens (primary N) is 1. The maximum atomic E-state index is 5.80. The summed E-state index contributed by atoms with van der Waals surface area (Å²) < 4.78 is 0. The number of hydrogen-bond donors (Lipinski definition) is 1. The fourth-order valence-corrected chi connectivity index (χ4v) is 2.81. The number of aryl methyl sites for hydroxylation is 1. The minimum atomic E-state index is 0.226. The van der Waals surface area contributed by atoms with E-state index in [1.807, 2.05) is 0 Å². The highest BCUT2D eigenvalue weighted by molar-refractivity contribution is 5.46. The molecule has 2 rings (SSSR count). The number of anilines is 1. The lowest BCUT2D eigenvalue weighted by atomic mass is 10.0. The van der Waals surface area contributed by atoms with Crippen LogP contribution >= 0.6 is 0 Å². The van der Waals surface area contributed by atoms with Crippen molar-refractivity contribution < 1.29 is 0 Å². The standard InChI is InChI=1S/C15H25N3/c1-4-6-13-9-12(11-16)10-14(17-13)18-8-5-7-15(18,2)3/h9-10H,4-8,11,16H2,1-3H3. The molecule has 1 aromatic heterocycles. The number of rotatable bonds is 4. The molecule has 100 valence electrons. The van der Waals surface area contributed by atoms with Crippen molar-refractivity contribution in [3.05, 3.63) is 23.4 Å². The summed E-state index contributed by atoms with van der Waals surface area (Å²) in [5.74, 6) is 1.11. The summed E-state index contributed by atoms with van der Waals surface area (Å²) in [5, 5.41) is 0. The van der Waals surface area contributed by atoms with Gasteiger partial charge in [-0.05, 0) is 50.8 Å². The van der Waals surface area contributed by atoms with E-state index < -0.39 is 0 Å². The van der Waals surface area contributed by atoms with Crippen molar-refractivity contribution in [2.24, 2.45) is 5.73 Å². The molecule has 3 heteroatoms. The molecule has 1 aliphatic heterocycles. The first-order valence-corrected chi connectivity index (χ1v) is 7.04. The van der Waals surface area contributed by atoms with Gasteiger partial charge in [0.2, 0.25) is 0 Å². The fourth-order valence-electron chi connectivity index (χ4n) is 2.81. The highest BCUT2D eigenvalue weighted by atomic mass is 15.3. The average molecular weight is 247 g/mol. The summed E-state index contributed by atoms with van der Waals surface area (Å²) in [5.41, 5.74) is 8.41. The topological polar surface area (TPSA) is 42.1 Å². The SMILES string of the molecule is CCCc1cc(CN)cc(N2CCCC2(C)C)n1. The van der Waals surface area contributed by atoms with Gasteiger partial charge in [-0.3, -0.25) is 0 Å². The lowest BCUT2D eigenvalue weighted by Crippen LogP contribution is -2.38. The van der Waals surface area contributed by atoms with Gasteiger partial charge in [0.1, 0.15) is 5.82 Å². The third-order valence-corrected chi connectivity index (χ3v) is 3.84. The van der Waals surface area contributed by atoms with Crippen LogP contribution in [0.4, 0.5) is 5.82 Å². The Bertz CT molecular complexity index is 412. The Morgan fingerprint density at radius 1 is 1.39 bits per heavy atom. The molecule has 0 saturated carbocycles. The Hall–Kier alpha value is -1.09. The average Bonchev–Trinajstić information content (AvgIpc) is 2.69. The number of hydrogen-bond acceptors (Lipinski definition) is 3. The molecule has 1 fully saturated rings. The minimum absolute atomic E-state index is 0.226. The van der Waals surface area contributed by atoms with Gasteiger partial charge in [-0.25, -0.2) is 4.98 Å². The molecule has 18 heavy (non-hydrogen) atoms. The smallest absolute Gasteiger partial charge is 0.129 e. The van der Waals surface area contributed by atoms with Crippen LogP contribution in [0.5, 0.6) is 0 Å². The van der Waals surface area contributed by atoms with Crippen LogP contribution in [0.25, 0.3) is 0 Å². The first-order chi connectivity index (χ1) is 8.56. The van der Waals surface area contributed by atoms with E-state index in [-0.39, 0.29) is 5.54 Å². The Balaban J connectivity index is 2.34. The first kappa shape index (κ1) is 13.3. The highest BCUT2D eigenvalue weighted by Crippen LogP contribution is 2.33. The van der Waals surface area contributed by atoms with Gasteiger partial charge in [0, 0.05) is 24.3 Å². The summed E-state index contributed by atoms with van der Waals surface area (Å²) in [4.78, 5) is 7.25. The molecule has 1 aromatic rings. The number of pyridine rings is 1. The summed E-state index contributed by atoms with van der Waals surface area (Å²) in [7, 11) is 0. The van der Waals surface area contributed by atoms with Crippen LogP contribution in [-0.4, -0.2) is 17.1 Å². The third-order valence-electron chi connectivity index (χ3n) is 3.84. The maximum absolute atomic E-state index is 5.80. The van der Waals surface area contributed by atoms with Crippen molar-refractivity contribution in [3.63, 3.8) is 0 Å². The molecule has 0 bridgehead atoms. The van der Waals surface area contributed by atoms with Crippen molar-refractivity contribution >= 4 is 5.82 Å². The second-order valence-corrected chi connectivity index (χ2v) is 5.85. The Morgan fingerprint density at radius 3 is 2.72 bits per heavy atom. The van der Waals surface area contributed by atoms with Crippen molar-refractivity contribution in [3.8, 4) is 0 Å². The van der Waals surface area contributed by atoms with Crippen LogP contribution in [0, 0.1) is 0 Å². The largest absolute Gasteiger partial charge is 0.351 e. The van der Waals surface area contributed by atoms with E-state index in [9.17, 15) is 0 Å². The van der Waals surface area contributed by atoms with E-state index in [2.05, 4.69) is 37.8 Å². The molecule has 0 aromatic carbocycles. The second-order valence-electron chi connectivity index (χ2n) is 5.85. The fraction of sp³-hybridized carbons (Fsp3) is 0.667. The van der Waals surface area contributed by atoms with Gasteiger partial charge in [-0.2, -0.15) is 0 Å². The van der Waals surface area contributed by atoms with Gasteiger partial charge >= 0.3 is 0 Å². The van der Waals surface area contributed by atoms with Crippen molar-refractivity contribution in [2.45, 2.75) is 58.5 Å². The zero-order chi connectivity index (χ0) is 13.2. The van der Waals surface area contributed by atoms with Crippen LogP contribution < -0.4 is 10.6 Å². The lowest BCUT2D eigenvalue weighted by Gasteiger charge is -2.33. The number of nitrogens with zero attached hydrogens (tertiary/aromatic N) is 2. The van der Waals surface area contributed by atoms with Crippen molar-refractivity contribution in [1.29, 1.82) is 0 Å². The Labute approximate surface area is 110 Å². The molecule has 1 saturated heterocycles. The molecular formula is C15H25N3. The summed E-state index contributed by atoms with van der Waals surface area (Å²) >= 11 is 0. The van der Waals surface area contributed by atoms with Gasteiger partial charge in [0.15, 0.2) is 0 Å². The molecule has 2 heterocycles. The van der Waals surface area contributed by atoms with Crippen LogP contribution in [0.3, 0.4) is 0 Å². The molecule has 0 aliphatic carbocycles. The summed E-state index contributed by atoms with van der Waals surface area (Å²) in [6.45, 7) is 8.50. The highest BCUT2D eigenvalue weighted by Gasteiger charge is 2.32. The normalized spacial score (nSPS) is 18.3. The first-order valence-electron chi connectivity index (χ1n) is 7.04. The van der Waals surface area contributed by atoms with Crippen LogP contribution in [0.2, 0.25) is 0 Å². The lowest BCUT2D eigenvalue weighted by molar-refractivity contribution is 0.513. The molecule has 2 N–H and O–H groups in total. The van der Waals surface area contributed by atoms with Crippen molar-refractivity contribution in [1.82, 2.24) is 4.98 Å². The van der Waals surface area contributed by atoms with E-state index in [0.717, 1.165) is 25.2 Å².